The summed E-state index contributed by atoms with van der Waals surface area (Å²) >= 11 is 0. The number of ether oxygens (including phenoxy) is 3. The summed E-state index contributed by atoms with van der Waals surface area (Å²) in [6, 6.07) is 25.4. The minimum atomic E-state index is -0.576. The van der Waals surface area contributed by atoms with Gasteiger partial charge in [-0.3, -0.25) is 0 Å². The van der Waals surface area contributed by atoms with Crippen LogP contribution in [0.15, 0.2) is 72.8 Å². The van der Waals surface area contributed by atoms with E-state index >= 15 is 0 Å². The molecule has 3 nitrogen and oxygen atoms in total. The highest BCUT2D eigenvalue weighted by Gasteiger charge is 2.55. The van der Waals surface area contributed by atoms with Crippen LogP contribution in [-0.4, -0.2) is 24.1 Å². The van der Waals surface area contributed by atoms with Crippen LogP contribution >= 0.6 is 0 Å². The van der Waals surface area contributed by atoms with Crippen molar-refractivity contribution >= 4 is 10.8 Å². The van der Waals surface area contributed by atoms with Crippen LogP contribution in [0.5, 0.6) is 0 Å². The minimum absolute atomic E-state index is 0.0249. The molecule has 5 rings (SSSR count). The van der Waals surface area contributed by atoms with Gasteiger partial charge in [-0.05, 0) is 35.7 Å². The van der Waals surface area contributed by atoms with E-state index in [2.05, 4.69) is 54.6 Å². The number of hydrogen-bond acceptors (Lipinski definition) is 3. The molecule has 27 heavy (non-hydrogen) atoms. The van der Waals surface area contributed by atoms with E-state index in [1.54, 1.807) is 0 Å². The van der Waals surface area contributed by atoms with Gasteiger partial charge >= 0.3 is 0 Å². The second kappa shape index (κ2) is 6.45. The van der Waals surface area contributed by atoms with E-state index < -0.39 is 5.79 Å². The number of fused-ring (bicyclic) bond motifs is 2. The summed E-state index contributed by atoms with van der Waals surface area (Å²) in [6.45, 7) is 3.97. The Hall–Kier alpha value is -2.20. The van der Waals surface area contributed by atoms with Gasteiger partial charge in [-0.15, -0.1) is 0 Å². The summed E-state index contributed by atoms with van der Waals surface area (Å²) < 4.78 is 19.0. The summed E-state index contributed by atoms with van der Waals surface area (Å²) in [7, 11) is 0. The van der Waals surface area contributed by atoms with Crippen molar-refractivity contribution < 1.29 is 14.2 Å². The third-order valence-corrected chi connectivity index (χ3v) is 5.53. The fraction of sp³-hybridized carbons (Fsp3) is 0.333. The first kappa shape index (κ1) is 16.9. The van der Waals surface area contributed by atoms with Crippen molar-refractivity contribution in [3.8, 4) is 0 Å². The van der Waals surface area contributed by atoms with E-state index in [1.165, 1.54) is 16.3 Å². The summed E-state index contributed by atoms with van der Waals surface area (Å²) in [5.41, 5.74) is 2.41. The molecule has 138 valence electrons. The summed E-state index contributed by atoms with van der Waals surface area (Å²) in [5.74, 6) is -0.576. The molecule has 0 bridgehead atoms. The Bertz CT molecular complexity index is 950. The topological polar surface area (TPSA) is 27.7 Å². The normalized spacial score (nSPS) is 29.1. The Labute approximate surface area is 159 Å². The quantitative estimate of drug-likeness (QED) is 0.655. The van der Waals surface area contributed by atoms with Crippen molar-refractivity contribution in [1.29, 1.82) is 0 Å². The average Bonchev–Trinajstić information content (AvgIpc) is 3.16. The lowest BCUT2D eigenvalue weighted by Gasteiger charge is -2.24. The van der Waals surface area contributed by atoms with Crippen LogP contribution in [0, 0.1) is 0 Å². The molecule has 2 aliphatic rings. The van der Waals surface area contributed by atoms with Crippen molar-refractivity contribution in [2.75, 3.05) is 0 Å². The number of rotatable bonds is 3. The summed E-state index contributed by atoms with van der Waals surface area (Å²) in [4.78, 5) is 0. The zero-order valence-electron chi connectivity index (χ0n) is 15.7. The lowest BCUT2D eigenvalue weighted by molar-refractivity contribution is -0.187. The van der Waals surface area contributed by atoms with Gasteiger partial charge in [0, 0.05) is 6.42 Å². The lowest BCUT2D eigenvalue weighted by Crippen LogP contribution is -2.31. The minimum Gasteiger partial charge on any atom is -0.364 e. The second-order valence-corrected chi connectivity index (χ2v) is 7.96. The maximum atomic E-state index is 6.47. The van der Waals surface area contributed by atoms with E-state index in [1.807, 2.05) is 32.0 Å². The monoisotopic (exact) mass is 360 g/mol. The second-order valence-electron chi connectivity index (χ2n) is 7.96. The third kappa shape index (κ3) is 3.16. The van der Waals surface area contributed by atoms with Crippen molar-refractivity contribution in [2.45, 2.75) is 50.5 Å². The molecule has 2 aliphatic heterocycles. The molecule has 3 heteroatoms. The van der Waals surface area contributed by atoms with Crippen molar-refractivity contribution in [3.05, 3.63) is 83.9 Å². The summed E-state index contributed by atoms with van der Waals surface area (Å²) in [6.07, 6.45) is 0.561. The van der Waals surface area contributed by atoms with Gasteiger partial charge < -0.3 is 14.2 Å². The van der Waals surface area contributed by atoms with Crippen LogP contribution in [0.3, 0.4) is 0 Å². The average molecular weight is 360 g/mol. The van der Waals surface area contributed by atoms with Crippen LogP contribution in [0.1, 0.15) is 31.1 Å². The Morgan fingerprint density at radius 1 is 0.778 bits per heavy atom. The van der Waals surface area contributed by atoms with Crippen LogP contribution < -0.4 is 0 Å². The van der Waals surface area contributed by atoms with Gasteiger partial charge in [0.2, 0.25) is 0 Å². The van der Waals surface area contributed by atoms with Crippen LogP contribution in [0.2, 0.25) is 0 Å². The first-order valence-corrected chi connectivity index (χ1v) is 9.63. The first-order valence-electron chi connectivity index (χ1n) is 9.63. The van der Waals surface area contributed by atoms with Gasteiger partial charge in [-0.25, -0.2) is 0 Å². The van der Waals surface area contributed by atoms with Crippen molar-refractivity contribution in [2.24, 2.45) is 0 Å². The molecule has 0 spiro atoms. The Morgan fingerprint density at radius 3 is 2.30 bits per heavy atom. The molecule has 0 saturated carbocycles. The van der Waals surface area contributed by atoms with Crippen molar-refractivity contribution in [1.82, 2.24) is 0 Å². The predicted molar refractivity (Wildman–Crippen MR) is 106 cm³/mol. The Balaban J connectivity index is 1.44. The molecule has 0 amide bonds. The smallest absolute Gasteiger partial charge is 0.164 e. The van der Waals surface area contributed by atoms with E-state index in [0.717, 1.165) is 12.0 Å². The van der Waals surface area contributed by atoms with Gasteiger partial charge in [0.05, 0.1) is 6.10 Å². The van der Waals surface area contributed by atoms with E-state index in [4.69, 9.17) is 14.2 Å². The molecule has 3 aromatic carbocycles. The Morgan fingerprint density at radius 2 is 1.48 bits per heavy atom. The SMILES string of the molecule is CC1(C)O[C@@H]2[C@H](O1)[C@H](Cc1ccc3ccccc3c1)O[C@H]2c1ccccc1. The van der Waals surface area contributed by atoms with Crippen molar-refractivity contribution in [3.63, 3.8) is 0 Å². The third-order valence-electron chi connectivity index (χ3n) is 5.53. The Kier molecular flexibility index (Phi) is 4.05. The molecule has 2 heterocycles. The van der Waals surface area contributed by atoms with Gasteiger partial charge in [-0.1, -0.05) is 72.8 Å². The molecule has 3 aromatic rings. The molecule has 0 unspecified atom stereocenters. The lowest BCUT2D eigenvalue weighted by atomic mass is 9.97. The molecule has 0 aliphatic carbocycles. The highest BCUT2D eigenvalue weighted by Crippen LogP contribution is 2.45. The number of benzene rings is 3. The standard InChI is InChI=1S/C24H24O3/c1-24(2)26-22-20(15-16-12-13-17-8-6-7-11-19(17)14-16)25-21(23(22)27-24)18-9-4-3-5-10-18/h3-14,20-23H,15H2,1-2H3/t20-,21-,22+,23-/m0/s1. The fourth-order valence-corrected chi connectivity index (χ4v) is 4.36. The van der Waals surface area contributed by atoms with E-state index in [9.17, 15) is 0 Å². The molecule has 0 aromatic heterocycles. The molecular formula is C24H24O3. The molecule has 2 fully saturated rings. The van der Waals surface area contributed by atoms with Crippen LogP contribution in [0.4, 0.5) is 0 Å². The van der Waals surface area contributed by atoms with Gasteiger partial charge in [0.15, 0.2) is 5.79 Å². The molecule has 4 atom stereocenters. The van der Waals surface area contributed by atoms with Crippen LogP contribution in [0.25, 0.3) is 10.8 Å². The van der Waals surface area contributed by atoms with Crippen LogP contribution in [-0.2, 0) is 20.6 Å². The summed E-state index contributed by atoms with van der Waals surface area (Å²) in [5, 5.41) is 2.52. The molecule has 0 radical (unpaired) electrons. The zero-order valence-corrected chi connectivity index (χ0v) is 15.7. The highest BCUT2D eigenvalue weighted by molar-refractivity contribution is 5.83. The fourth-order valence-electron chi connectivity index (χ4n) is 4.36. The maximum Gasteiger partial charge on any atom is 0.164 e. The maximum absolute atomic E-state index is 6.47. The first-order chi connectivity index (χ1) is 13.1. The molecular weight excluding hydrogens is 336 g/mol. The predicted octanol–water partition coefficient (Wildman–Crippen LogP) is 5.04. The van der Waals surface area contributed by atoms with Gasteiger partial charge in [-0.2, -0.15) is 0 Å². The van der Waals surface area contributed by atoms with Gasteiger partial charge in [0.25, 0.3) is 0 Å². The van der Waals surface area contributed by atoms with Gasteiger partial charge in [0.1, 0.15) is 18.3 Å². The largest absolute Gasteiger partial charge is 0.364 e. The molecule has 2 saturated heterocycles. The highest BCUT2D eigenvalue weighted by atomic mass is 16.8. The zero-order chi connectivity index (χ0) is 18.4. The molecule has 0 N–H and O–H groups in total. The van der Waals surface area contributed by atoms with E-state index in [-0.39, 0.29) is 24.4 Å². The van der Waals surface area contributed by atoms with E-state index in [0.29, 0.717) is 0 Å². The number of hydrogen-bond donors (Lipinski definition) is 0.